The van der Waals surface area contributed by atoms with E-state index in [4.69, 9.17) is 0 Å². The molecule has 3 nitrogen and oxygen atoms in total. The van der Waals surface area contributed by atoms with Crippen molar-refractivity contribution in [3.8, 4) is 5.75 Å². The largest absolute Gasteiger partial charge is 0.508 e. The molecule has 0 aliphatic heterocycles. The van der Waals surface area contributed by atoms with Gasteiger partial charge < -0.3 is 15.3 Å². The number of phenolic OH excluding ortho intramolecular Hbond substituents is 1. The third kappa shape index (κ3) is 5.21. The maximum atomic E-state index is 9.94. The molecule has 0 bridgehead atoms. The van der Waals surface area contributed by atoms with E-state index in [9.17, 15) is 5.11 Å². The minimum atomic E-state index is 0.210. The topological polar surface area (TPSA) is 35.5 Å². The molecule has 0 aliphatic rings. The molecule has 19 heavy (non-hydrogen) atoms. The van der Waals surface area contributed by atoms with Gasteiger partial charge in [-0.1, -0.05) is 39.0 Å². The van der Waals surface area contributed by atoms with Crippen LogP contribution in [0.3, 0.4) is 0 Å². The zero-order chi connectivity index (χ0) is 14.5. The van der Waals surface area contributed by atoms with Crippen LogP contribution in [0, 0.1) is 5.41 Å². The van der Waals surface area contributed by atoms with E-state index in [1.54, 1.807) is 6.07 Å². The quantitative estimate of drug-likeness (QED) is 0.794. The Morgan fingerprint density at radius 3 is 2.42 bits per heavy atom. The van der Waals surface area contributed by atoms with E-state index in [2.05, 4.69) is 45.1 Å². The number of para-hydroxylation sites is 1. The summed E-state index contributed by atoms with van der Waals surface area (Å²) in [6.07, 6.45) is 0.968. The lowest BCUT2D eigenvalue weighted by Gasteiger charge is -2.31. The van der Waals surface area contributed by atoms with Gasteiger partial charge in [-0.05, 0) is 32.0 Å². The summed E-state index contributed by atoms with van der Waals surface area (Å²) in [4.78, 5) is 2.21. The van der Waals surface area contributed by atoms with E-state index in [1.165, 1.54) is 0 Å². The summed E-state index contributed by atoms with van der Waals surface area (Å²) in [5.41, 5.74) is 1.20. The zero-order valence-electron chi connectivity index (χ0n) is 12.9. The first-order valence-electron chi connectivity index (χ1n) is 7.01. The molecule has 108 valence electrons. The first kappa shape index (κ1) is 16.0. The van der Waals surface area contributed by atoms with Crippen LogP contribution in [0.4, 0.5) is 0 Å². The van der Waals surface area contributed by atoms with Crippen molar-refractivity contribution in [2.75, 3.05) is 27.2 Å². The van der Waals surface area contributed by atoms with Crippen LogP contribution in [0.1, 0.15) is 38.8 Å². The van der Waals surface area contributed by atoms with Gasteiger partial charge in [-0.3, -0.25) is 0 Å². The summed E-state index contributed by atoms with van der Waals surface area (Å²) in [7, 11) is 4.20. The minimum absolute atomic E-state index is 0.210. The SMILES string of the molecule is CCC(NCC(C)(C)CN(C)C)c1ccccc1O. The molecule has 0 saturated heterocycles. The van der Waals surface area contributed by atoms with E-state index in [0.717, 1.165) is 25.1 Å². The number of rotatable bonds is 7. The molecule has 3 heteroatoms. The summed E-state index contributed by atoms with van der Waals surface area (Å²) in [6.45, 7) is 8.63. The molecule has 0 spiro atoms. The molecule has 1 rings (SSSR count). The van der Waals surface area contributed by atoms with Gasteiger partial charge in [0.2, 0.25) is 0 Å². The Morgan fingerprint density at radius 2 is 1.89 bits per heavy atom. The fourth-order valence-corrected chi connectivity index (χ4v) is 2.57. The van der Waals surface area contributed by atoms with Crippen molar-refractivity contribution >= 4 is 0 Å². The van der Waals surface area contributed by atoms with Gasteiger partial charge in [0.25, 0.3) is 0 Å². The van der Waals surface area contributed by atoms with Crippen LogP contribution in [0.15, 0.2) is 24.3 Å². The second kappa shape index (κ2) is 6.92. The summed E-state index contributed by atoms with van der Waals surface area (Å²) in [6, 6.07) is 7.80. The lowest BCUT2D eigenvalue weighted by molar-refractivity contribution is 0.224. The second-order valence-electron chi connectivity index (χ2n) is 6.30. The van der Waals surface area contributed by atoms with Crippen LogP contribution in [-0.2, 0) is 0 Å². The molecule has 1 atom stereocenters. The molecule has 1 aromatic carbocycles. The number of benzene rings is 1. The predicted molar refractivity (Wildman–Crippen MR) is 81.5 cm³/mol. The van der Waals surface area contributed by atoms with Gasteiger partial charge in [-0.25, -0.2) is 0 Å². The maximum absolute atomic E-state index is 9.94. The highest BCUT2D eigenvalue weighted by Gasteiger charge is 2.21. The molecule has 0 radical (unpaired) electrons. The number of nitrogens with one attached hydrogen (secondary N) is 1. The molecule has 0 saturated carbocycles. The molecular formula is C16H28N2O. The minimum Gasteiger partial charge on any atom is -0.508 e. The third-order valence-corrected chi connectivity index (χ3v) is 3.29. The van der Waals surface area contributed by atoms with Gasteiger partial charge in [0.05, 0.1) is 0 Å². The normalized spacial score (nSPS) is 13.8. The monoisotopic (exact) mass is 264 g/mol. The maximum Gasteiger partial charge on any atom is 0.120 e. The molecule has 0 aromatic heterocycles. The molecule has 0 fully saturated rings. The van der Waals surface area contributed by atoms with Gasteiger partial charge in [-0.2, -0.15) is 0 Å². The Labute approximate surface area is 117 Å². The van der Waals surface area contributed by atoms with Crippen LogP contribution in [-0.4, -0.2) is 37.2 Å². The molecule has 0 amide bonds. The van der Waals surface area contributed by atoms with E-state index in [1.807, 2.05) is 18.2 Å². The highest BCUT2D eigenvalue weighted by atomic mass is 16.3. The average molecular weight is 264 g/mol. The summed E-state index contributed by atoms with van der Waals surface area (Å²) < 4.78 is 0. The Bertz CT molecular complexity index is 388. The predicted octanol–water partition coefficient (Wildman–Crippen LogP) is 3.02. The average Bonchev–Trinajstić information content (AvgIpc) is 2.30. The number of hydrogen-bond donors (Lipinski definition) is 2. The fourth-order valence-electron chi connectivity index (χ4n) is 2.57. The van der Waals surface area contributed by atoms with Crippen LogP contribution in [0.25, 0.3) is 0 Å². The van der Waals surface area contributed by atoms with Gasteiger partial charge >= 0.3 is 0 Å². The van der Waals surface area contributed by atoms with E-state index in [0.29, 0.717) is 5.75 Å². The van der Waals surface area contributed by atoms with Crippen LogP contribution in [0.2, 0.25) is 0 Å². The summed E-state index contributed by atoms with van der Waals surface area (Å²) in [5.74, 6) is 0.382. The van der Waals surface area contributed by atoms with Crippen molar-refractivity contribution < 1.29 is 5.11 Å². The highest BCUT2D eigenvalue weighted by molar-refractivity contribution is 5.34. The third-order valence-electron chi connectivity index (χ3n) is 3.29. The number of phenols is 1. The van der Waals surface area contributed by atoms with Gasteiger partial charge in [0.15, 0.2) is 0 Å². The fraction of sp³-hybridized carbons (Fsp3) is 0.625. The smallest absolute Gasteiger partial charge is 0.120 e. The first-order chi connectivity index (χ1) is 8.85. The van der Waals surface area contributed by atoms with Crippen molar-refractivity contribution in [1.29, 1.82) is 0 Å². The summed E-state index contributed by atoms with van der Waals surface area (Å²) in [5, 5.41) is 13.5. The van der Waals surface area contributed by atoms with Crippen LogP contribution >= 0.6 is 0 Å². The second-order valence-corrected chi connectivity index (χ2v) is 6.30. The zero-order valence-corrected chi connectivity index (χ0v) is 12.9. The lowest BCUT2D eigenvalue weighted by atomic mass is 9.91. The number of nitrogens with zero attached hydrogens (tertiary/aromatic N) is 1. The van der Waals surface area contributed by atoms with Crippen molar-refractivity contribution in [2.45, 2.75) is 33.2 Å². The van der Waals surface area contributed by atoms with Crippen LogP contribution in [0.5, 0.6) is 5.75 Å². The number of aromatic hydroxyl groups is 1. The van der Waals surface area contributed by atoms with E-state index < -0.39 is 0 Å². The Balaban J connectivity index is 2.66. The highest BCUT2D eigenvalue weighted by Crippen LogP contribution is 2.27. The van der Waals surface area contributed by atoms with Gasteiger partial charge in [-0.15, -0.1) is 0 Å². The van der Waals surface area contributed by atoms with E-state index in [-0.39, 0.29) is 11.5 Å². The molecule has 1 aromatic rings. The molecule has 1 unspecified atom stereocenters. The Morgan fingerprint density at radius 1 is 1.26 bits per heavy atom. The summed E-state index contributed by atoms with van der Waals surface area (Å²) >= 11 is 0. The van der Waals surface area contributed by atoms with Crippen molar-refractivity contribution in [3.05, 3.63) is 29.8 Å². The van der Waals surface area contributed by atoms with Crippen molar-refractivity contribution in [3.63, 3.8) is 0 Å². The van der Waals surface area contributed by atoms with Crippen LogP contribution < -0.4 is 5.32 Å². The molecular weight excluding hydrogens is 236 g/mol. The van der Waals surface area contributed by atoms with Gasteiger partial charge in [0.1, 0.15) is 5.75 Å². The van der Waals surface area contributed by atoms with Gasteiger partial charge in [0, 0.05) is 24.7 Å². The molecule has 2 N–H and O–H groups in total. The standard InChI is InChI=1S/C16H28N2O/c1-6-14(13-9-7-8-10-15(13)19)17-11-16(2,3)12-18(4)5/h7-10,14,17,19H,6,11-12H2,1-5H3. The first-order valence-corrected chi connectivity index (χ1v) is 7.01. The lowest BCUT2D eigenvalue weighted by Crippen LogP contribution is -2.38. The van der Waals surface area contributed by atoms with E-state index >= 15 is 0 Å². The Hall–Kier alpha value is -1.06. The number of hydrogen-bond acceptors (Lipinski definition) is 3. The Kier molecular flexibility index (Phi) is 5.83. The van der Waals surface area contributed by atoms with Crippen molar-refractivity contribution in [2.24, 2.45) is 5.41 Å². The van der Waals surface area contributed by atoms with Crippen molar-refractivity contribution in [1.82, 2.24) is 10.2 Å². The molecule has 0 heterocycles. The molecule has 0 aliphatic carbocycles.